The molecule has 3 nitrogen and oxygen atoms in total. The highest BCUT2D eigenvalue weighted by Gasteiger charge is 2.05. The molecule has 0 saturated heterocycles. The Balaban J connectivity index is 2.72. The lowest BCUT2D eigenvalue weighted by Crippen LogP contribution is -2.02. The summed E-state index contributed by atoms with van der Waals surface area (Å²) in [6.07, 6.45) is 0. The molecule has 1 aromatic rings. The summed E-state index contributed by atoms with van der Waals surface area (Å²) in [6, 6.07) is 6.77. The summed E-state index contributed by atoms with van der Waals surface area (Å²) in [5.74, 6) is 0.575. The molecule has 0 atom stereocenters. The highest BCUT2D eigenvalue weighted by atomic mass is 16.5. The first kappa shape index (κ1) is 11.5. The molecule has 1 rings (SSSR count). The van der Waals surface area contributed by atoms with E-state index in [-0.39, 0.29) is 19.0 Å². The fourth-order valence-corrected chi connectivity index (χ4v) is 1.11. The number of ether oxygens (including phenoxy) is 1. The number of hydrogen-bond donors (Lipinski definition) is 1. The van der Waals surface area contributed by atoms with Crippen LogP contribution in [0.25, 0.3) is 0 Å². The Bertz CT molecular complexity index is 352. The molecule has 0 aliphatic carbocycles. The largest absolute Gasteiger partial charge is 0.491 e. The van der Waals surface area contributed by atoms with E-state index >= 15 is 0 Å². The van der Waals surface area contributed by atoms with E-state index in [0.29, 0.717) is 16.9 Å². The van der Waals surface area contributed by atoms with Crippen molar-refractivity contribution in [3.05, 3.63) is 42.0 Å². The number of hydrogen-bond acceptors (Lipinski definition) is 3. The minimum atomic E-state index is -0.0660. The second kappa shape index (κ2) is 5.32. The Morgan fingerprint density at radius 1 is 1.40 bits per heavy atom. The van der Waals surface area contributed by atoms with Crippen LogP contribution in [0.5, 0.6) is 5.75 Å². The molecule has 1 N–H and O–H groups in total. The predicted molar refractivity (Wildman–Crippen MR) is 58.2 cm³/mol. The molecular formula is C12H14O3. The van der Waals surface area contributed by atoms with Crippen LogP contribution in [0, 0.1) is 0 Å². The third-order valence-electron chi connectivity index (χ3n) is 1.86. The van der Waals surface area contributed by atoms with Gasteiger partial charge in [0.15, 0.2) is 5.78 Å². The molecule has 80 valence electrons. The third kappa shape index (κ3) is 3.22. The molecule has 0 unspecified atom stereocenters. The van der Waals surface area contributed by atoms with Crippen molar-refractivity contribution in [2.75, 3.05) is 13.2 Å². The summed E-state index contributed by atoms with van der Waals surface area (Å²) in [6.45, 7) is 5.51. The summed E-state index contributed by atoms with van der Waals surface area (Å²) >= 11 is 0. The number of aliphatic hydroxyl groups excluding tert-OH is 1. The predicted octanol–water partition coefficient (Wildman–Crippen LogP) is 1.82. The topological polar surface area (TPSA) is 46.5 Å². The number of rotatable bonds is 5. The van der Waals surface area contributed by atoms with E-state index in [1.54, 1.807) is 31.2 Å². The van der Waals surface area contributed by atoms with Crippen LogP contribution in [0.3, 0.4) is 0 Å². The molecule has 0 saturated carbocycles. The maximum Gasteiger partial charge on any atom is 0.188 e. The van der Waals surface area contributed by atoms with Gasteiger partial charge in [-0.25, -0.2) is 0 Å². The molecule has 0 spiro atoms. The minimum absolute atomic E-state index is 0.0214. The quantitative estimate of drug-likeness (QED) is 0.590. The molecule has 0 heterocycles. The Morgan fingerprint density at radius 3 is 2.47 bits per heavy atom. The highest BCUT2D eigenvalue weighted by molar-refractivity contribution is 6.07. The van der Waals surface area contributed by atoms with Crippen molar-refractivity contribution < 1.29 is 14.6 Å². The lowest BCUT2D eigenvalue weighted by molar-refractivity contribution is 0.103. The van der Waals surface area contributed by atoms with Crippen molar-refractivity contribution in [2.45, 2.75) is 6.92 Å². The monoisotopic (exact) mass is 206 g/mol. The van der Waals surface area contributed by atoms with Crippen molar-refractivity contribution in [1.29, 1.82) is 0 Å². The molecule has 0 aliphatic heterocycles. The van der Waals surface area contributed by atoms with Gasteiger partial charge in [-0.1, -0.05) is 6.58 Å². The molecule has 0 fully saturated rings. The van der Waals surface area contributed by atoms with Crippen LogP contribution in [-0.2, 0) is 0 Å². The van der Waals surface area contributed by atoms with Gasteiger partial charge in [-0.15, -0.1) is 0 Å². The van der Waals surface area contributed by atoms with Crippen molar-refractivity contribution in [1.82, 2.24) is 0 Å². The van der Waals surface area contributed by atoms with Crippen molar-refractivity contribution in [3.63, 3.8) is 0 Å². The Labute approximate surface area is 89.0 Å². The standard InChI is InChI=1S/C12H14O3/c1-9(2)12(14)10-3-5-11(6-4-10)15-8-7-13/h3-6,13H,1,7-8H2,2H3. The van der Waals surface area contributed by atoms with Crippen molar-refractivity contribution >= 4 is 5.78 Å². The van der Waals surface area contributed by atoms with Crippen LogP contribution in [0.15, 0.2) is 36.4 Å². The summed E-state index contributed by atoms with van der Waals surface area (Å²) in [5, 5.41) is 8.55. The molecule has 3 heteroatoms. The summed E-state index contributed by atoms with van der Waals surface area (Å²) in [5.41, 5.74) is 1.11. The lowest BCUT2D eigenvalue weighted by Gasteiger charge is -2.04. The van der Waals surface area contributed by atoms with Crippen molar-refractivity contribution in [3.8, 4) is 5.75 Å². The zero-order chi connectivity index (χ0) is 11.3. The minimum Gasteiger partial charge on any atom is -0.491 e. The molecule has 15 heavy (non-hydrogen) atoms. The van der Waals surface area contributed by atoms with Crippen LogP contribution in [0.2, 0.25) is 0 Å². The van der Waals surface area contributed by atoms with Gasteiger partial charge in [0.05, 0.1) is 6.61 Å². The van der Waals surface area contributed by atoms with E-state index < -0.39 is 0 Å². The van der Waals surface area contributed by atoms with Crippen LogP contribution in [0.4, 0.5) is 0 Å². The zero-order valence-electron chi connectivity index (χ0n) is 8.69. The van der Waals surface area contributed by atoms with E-state index in [1.807, 2.05) is 0 Å². The van der Waals surface area contributed by atoms with Gasteiger partial charge in [0.1, 0.15) is 12.4 Å². The van der Waals surface area contributed by atoms with E-state index in [0.717, 1.165) is 0 Å². The Hall–Kier alpha value is -1.61. The third-order valence-corrected chi connectivity index (χ3v) is 1.86. The second-order valence-electron chi connectivity index (χ2n) is 3.21. The van der Waals surface area contributed by atoms with Gasteiger partial charge >= 0.3 is 0 Å². The van der Waals surface area contributed by atoms with Gasteiger partial charge in [0.25, 0.3) is 0 Å². The number of carbonyl (C=O) groups is 1. The molecule has 1 aromatic carbocycles. The maximum absolute atomic E-state index is 11.5. The average Bonchev–Trinajstić information content (AvgIpc) is 2.26. The number of Topliss-reactive ketones (excluding diaryl/α,β-unsaturated/α-hetero) is 1. The van der Waals surface area contributed by atoms with Crippen molar-refractivity contribution in [2.24, 2.45) is 0 Å². The van der Waals surface area contributed by atoms with E-state index in [1.165, 1.54) is 0 Å². The zero-order valence-corrected chi connectivity index (χ0v) is 8.69. The van der Waals surface area contributed by atoms with Gasteiger partial charge in [0, 0.05) is 5.56 Å². The van der Waals surface area contributed by atoms with Gasteiger partial charge < -0.3 is 9.84 Å². The first-order chi connectivity index (χ1) is 7.15. The molecule has 0 radical (unpaired) electrons. The SMILES string of the molecule is C=C(C)C(=O)c1ccc(OCCO)cc1. The molecular weight excluding hydrogens is 192 g/mol. The summed E-state index contributed by atoms with van der Waals surface area (Å²) in [7, 11) is 0. The van der Waals surface area contributed by atoms with Gasteiger partial charge in [-0.2, -0.15) is 0 Å². The van der Waals surface area contributed by atoms with E-state index in [2.05, 4.69) is 6.58 Å². The van der Waals surface area contributed by atoms with Crippen LogP contribution < -0.4 is 4.74 Å². The molecule has 0 bridgehead atoms. The van der Waals surface area contributed by atoms with Crippen LogP contribution in [0.1, 0.15) is 17.3 Å². The molecule has 0 aliphatic rings. The van der Waals surface area contributed by atoms with Gasteiger partial charge in [-0.3, -0.25) is 4.79 Å². The first-order valence-electron chi connectivity index (χ1n) is 4.69. The Morgan fingerprint density at radius 2 is 2.00 bits per heavy atom. The van der Waals surface area contributed by atoms with E-state index in [4.69, 9.17) is 9.84 Å². The average molecular weight is 206 g/mol. The molecule has 0 aromatic heterocycles. The first-order valence-corrected chi connectivity index (χ1v) is 4.69. The summed E-state index contributed by atoms with van der Waals surface area (Å²) in [4.78, 5) is 11.5. The normalized spacial score (nSPS) is 9.73. The van der Waals surface area contributed by atoms with Gasteiger partial charge in [0.2, 0.25) is 0 Å². The van der Waals surface area contributed by atoms with Crippen LogP contribution >= 0.6 is 0 Å². The number of benzene rings is 1. The highest BCUT2D eigenvalue weighted by Crippen LogP contribution is 2.14. The number of ketones is 1. The van der Waals surface area contributed by atoms with E-state index in [9.17, 15) is 4.79 Å². The Kier molecular flexibility index (Phi) is 4.06. The lowest BCUT2D eigenvalue weighted by atomic mass is 10.1. The summed E-state index contributed by atoms with van der Waals surface area (Å²) < 4.78 is 5.17. The second-order valence-corrected chi connectivity index (χ2v) is 3.21. The number of carbonyl (C=O) groups excluding carboxylic acids is 1. The molecule has 0 amide bonds. The fourth-order valence-electron chi connectivity index (χ4n) is 1.11. The number of aliphatic hydroxyl groups is 1. The van der Waals surface area contributed by atoms with Gasteiger partial charge in [-0.05, 0) is 36.8 Å². The van der Waals surface area contributed by atoms with Crippen LogP contribution in [-0.4, -0.2) is 24.1 Å². The smallest absolute Gasteiger partial charge is 0.188 e. The fraction of sp³-hybridized carbons (Fsp3) is 0.250. The maximum atomic E-state index is 11.5. The number of allylic oxidation sites excluding steroid dienone is 1.